The Balaban J connectivity index is 0.00000324. The van der Waals surface area contributed by atoms with E-state index in [9.17, 15) is 13.2 Å². The normalized spacial score (nSPS) is 11.3. The molecule has 0 atom stereocenters. The Hall–Kier alpha value is -0.670. The first-order valence-electron chi connectivity index (χ1n) is 5.30. The Morgan fingerprint density at radius 1 is 1.47 bits per heavy atom. The Morgan fingerprint density at radius 3 is 2.63 bits per heavy atom. The number of carbonyl (C=O) groups is 1. The van der Waals surface area contributed by atoms with Crippen molar-refractivity contribution in [3.05, 3.63) is 16.3 Å². The number of sulfonamides is 1. The summed E-state index contributed by atoms with van der Waals surface area (Å²) in [5, 5.41) is 10.3. The molecule has 6 nitrogen and oxygen atoms in total. The number of halogens is 1. The van der Waals surface area contributed by atoms with Crippen LogP contribution in [0.2, 0.25) is 0 Å². The van der Waals surface area contributed by atoms with Crippen molar-refractivity contribution in [3.63, 3.8) is 0 Å². The fourth-order valence-electron chi connectivity index (χ4n) is 1.34. The first kappa shape index (κ1) is 18.3. The SMILES string of the molecule is CN(C)CCCNS(=O)(=O)c1ccsc1C(=O)O.Cl. The lowest BCUT2D eigenvalue weighted by atomic mass is 10.4. The lowest BCUT2D eigenvalue weighted by Gasteiger charge is -2.10. The number of nitrogens with one attached hydrogen (secondary N) is 1. The zero-order chi connectivity index (χ0) is 13.8. The van der Waals surface area contributed by atoms with Crippen LogP contribution in [0.4, 0.5) is 0 Å². The second-order valence-corrected chi connectivity index (χ2v) is 6.63. The fourth-order valence-corrected chi connectivity index (χ4v) is 3.68. The summed E-state index contributed by atoms with van der Waals surface area (Å²) in [6.45, 7) is 1.05. The van der Waals surface area contributed by atoms with Crippen LogP contribution in [0.1, 0.15) is 16.1 Å². The summed E-state index contributed by atoms with van der Waals surface area (Å²) >= 11 is 0.902. The van der Waals surface area contributed by atoms with Gasteiger partial charge in [0.05, 0.1) is 0 Å². The summed E-state index contributed by atoms with van der Waals surface area (Å²) in [7, 11) is 0.0679. The summed E-state index contributed by atoms with van der Waals surface area (Å²) in [5.41, 5.74) is 0. The number of rotatable bonds is 7. The van der Waals surface area contributed by atoms with Gasteiger partial charge < -0.3 is 10.0 Å². The maximum absolute atomic E-state index is 11.9. The van der Waals surface area contributed by atoms with E-state index in [1.807, 2.05) is 19.0 Å². The topological polar surface area (TPSA) is 86.7 Å². The summed E-state index contributed by atoms with van der Waals surface area (Å²) in [6, 6.07) is 1.31. The van der Waals surface area contributed by atoms with Crippen LogP contribution < -0.4 is 4.72 Å². The molecule has 19 heavy (non-hydrogen) atoms. The second kappa shape index (κ2) is 7.81. The highest BCUT2D eigenvalue weighted by Gasteiger charge is 2.23. The Bertz CT molecular complexity index is 513. The van der Waals surface area contributed by atoms with E-state index in [1.54, 1.807) is 0 Å². The quantitative estimate of drug-likeness (QED) is 0.732. The standard InChI is InChI=1S/C10H16N2O4S2.ClH/c1-12(2)6-3-5-11-18(15,16)8-4-7-17-9(8)10(13)14;/h4,7,11H,3,5-6H2,1-2H3,(H,13,14);1H. The van der Waals surface area contributed by atoms with Gasteiger partial charge in [-0.05, 0) is 38.5 Å². The minimum atomic E-state index is -3.73. The molecule has 9 heteroatoms. The van der Waals surface area contributed by atoms with Gasteiger partial charge in [-0.1, -0.05) is 0 Å². The Labute approximate surface area is 122 Å². The highest BCUT2D eigenvalue weighted by atomic mass is 35.5. The van der Waals surface area contributed by atoms with Gasteiger partial charge in [-0.15, -0.1) is 23.7 Å². The molecule has 0 unspecified atom stereocenters. The lowest BCUT2D eigenvalue weighted by Crippen LogP contribution is -2.28. The molecule has 0 bridgehead atoms. The predicted molar refractivity (Wildman–Crippen MR) is 76.9 cm³/mol. The number of thiophene rings is 1. The molecule has 1 aromatic rings. The zero-order valence-corrected chi connectivity index (χ0v) is 13.1. The summed E-state index contributed by atoms with van der Waals surface area (Å²) < 4.78 is 26.2. The van der Waals surface area contributed by atoms with Gasteiger partial charge in [-0.3, -0.25) is 0 Å². The summed E-state index contributed by atoms with van der Waals surface area (Å²) in [5.74, 6) is -1.22. The minimum Gasteiger partial charge on any atom is -0.477 e. The van der Waals surface area contributed by atoms with Crippen LogP contribution in [-0.4, -0.2) is 51.6 Å². The van der Waals surface area contributed by atoms with Gasteiger partial charge in [0.25, 0.3) is 0 Å². The zero-order valence-electron chi connectivity index (χ0n) is 10.6. The molecule has 0 aliphatic rings. The molecule has 110 valence electrons. The summed E-state index contributed by atoms with van der Waals surface area (Å²) in [4.78, 5) is 12.5. The molecular formula is C10H17ClN2O4S2. The molecule has 0 aromatic carbocycles. The van der Waals surface area contributed by atoms with E-state index in [0.717, 1.165) is 17.9 Å². The van der Waals surface area contributed by atoms with Crippen LogP contribution in [-0.2, 0) is 10.0 Å². The number of carboxylic acids is 1. The Morgan fingerprint density at radius 2 is 2.11 bits per heavy atom. The number of hydrogen-bond acceptors (Lipinski definition) is 5. The van der Waals surface area contributed by atoms with Gasteiger partial charge in [0, 0.05) is 6.54 Å². The van der Waals surface area contributed by atoms with Crippen LogP contribution in [0.3, 0.4) is 0 Å². The molecular weight excluding hydrogens is 312 g/mol. The second-order valence-electron chi connectivity index (χ2n) is 3.97. The van der Waals surface area contributed by atoms with Crippen LogP contribution in [0.5, 0.6) is 0 Å². The molecule has 1 rings (SSSR count). The molecule has 0 saturated heterocycles. The highest BCUT2D eigenvalue weighted by Crippen LogP contribution is 2.21. The van der Waals surface area contributed by atoms with E-state index in [-0.39, 0.29) is 28.7 Å². The molecule has 0 aliphatic heterocycles. The van der Waals surface area contributed by atoms with Crippen LogP contribution in [0, 0.1) is 0 Å². The van der Waals surface area contributed by atoms with Crippen molar-refractivity contribution in [2.75, 3.05) is 27.2 Å². The Kier molecular flexibility index (Phi) is 7.53. The summed E-state index contributed by atoms with van der Waals surface area (Å²) in [6.07, 6.45) is 0.665. The first-order valence-corrected chi connectivity index (χ1v) is 7.66. The molecule has 1 heterocycles. The maximum atomic E-state index is 11.9. The monoisotopic (exact) mass is 328 g/mol. The molecule has 0 spiro atoms. The van der Waals surface area contributed by atoms with Crippen molar-refractivity contribution in [2.24, 2.45) is 0 Å². The molecule has 0 radical (unpaired) electrons. The van der Waals surface area contributed by atoms with Crippen LogP contribution in [0.25, 0.3) is 0 Å². The van der Waals surface area contributed by atoms with Crippen molar-refractivity contribution >= 4 is 39.7 Å². The van der Waals surface area contributed by atoms with Crippen LogP contribution >= 0.6 is 23.7 Å². The lowest BCUT2D eigenvalue weighted by molar-refractivity contribution is 0.0698. The number of aromatic carboxylic acids is 1. The van der Waals surface area contributed by atoms with Crippen molar-refractivity contribution < 1.29 is 18.3 Å². The largest absolute Gasteiger partial charge is 0.477 e. The van der Waals surface area contributed by atoms with E-state index < -0.39 is 16.0 Å². The van der Waals surface area contributed by atoms with E-state index in [4.69, 9.17) is 5.11 Å². The third-order valence-corrected chi connectivity index (χ3v) is 4.72. The van der Waals surface area contributed by atoms with Crippen LogP contribution in [0.15, 0.2) is 16.3 Å². The van der Waals surface area contributed by atoms with Gasteiger partial charge in [0.15, 0.2) is 0 Å². The minimum absolute atomic E-state index is 0. The number of carboxylic acid groups (broad SMARTS) is 1. The van der Waals surface area contributed by atoms with Gasteiger partial charge in [-0.25, -0.2) is 17.9 Å². The third kappa shape index (κ3) is 5.45. The number of hydrogen-bond donors (Lipinski definition) is 2. The van der Waals surface area contributed by atoms with Gasteiger partial charge >= 0.3 is 5.97 Å². The smallest absolute Gasteiger partial charge is 0.347 e. The fraction of sp³-hybridized carbons (Fsp3) is 0.500. The predicted octanol–water partition coefficient (Wildman–Crippen LogP) is 1.10. The maximum Gasteiger partial charge on any atom is 0.347 e. The molecule has 0 saturated carbocycles. The molecule has 0 fully saturated rings. The van der Waals surface area contributed by atoms with E-state index in [2.05, 4.69) is 4.72 Å². The van der Waals surface area contributed by atoms with E-state index >= 15 is 0 Å². The molecule has 0 amide bonds. The third-order valence-electron chi connectivity index (χ3n) is 2.19. The van der Waals surface area contributed by atoms with Crippen molar-refractivity contribution in [3.8, 4) is 0 Å². The van der Waals surface area contributed by atoms with Gasteiger partial charge in [-0.2, -0.15) is 0 Å². The van der Waals surface area contributed by atoms with E-state index in [0.29, 0.717) is 6.42 Å². The molecule has 1 aromatic heterocycles. The van der Waals surface area contributed by atoms with Gasteiger partial charge in [0.2, 0.25) is 10.0 Å². The number of nitrogens with zero attached hydrogens (tertiary/aromatic N) is 1. The van der Waals surface area contributed by atoms with Crippen molar-refractivity contribution in [1.29, 1.82) is 0 Å². The first-order chi connectivity index (χ1) is 8.34. The highest BCUT2D eigenvalue weighted by molar-refractivity contribution is 7.89. The van der Waals surface area contributed by atoms with Gasteiger partial charge in [0.1, 0.15) is 9.77 Å². The average Bonchev–Trinajstić information content (AvgIpc) is 2.73. The molecule has 2 N–H and O–H groups in total. The van der Waals surface area contributed by atoms with Crippen molar-refractivity contribution in [1.82, 2.24) is 9.62 Å². The van der Waals surface area contributed by atoms with Crippen molar-refractivity contribution in [2.45, 2.75) is 11.3 Å². The average molecular weight is 329 g/mol. The molecule has 0 aliphatic carbocycles. The van der Waals surface area contributed by atoms with E-state index in [1.165, 1.54) is 11.4 Å².